The molecule has 1 aromatic heterocycles. The highest BCUT2D eigenvalue weighted by Gasteiger charge is 2.18. The van der Waals surface area contributed by atoms with Crippen molar-refractivity contribution in [3.8, 4) is 17.3 Å². The Balaban J connectivity index is 2.59. The number of benzene rings is 1. The van der Waals surface area contributed by atoms with Gasteiger partial charge in [0.1, 0.15) is 11.6 Å². The van der Waals surface area contributed by atoms with E-state index in [-0.39, 0.29) is 11.4 Å². The molecule has 0 bridgehead atoms. The quantitative estimate of drug-likeness (QED) is 0.672. The third kappa shape index (κ3) is 2.16. The van der Waals surface area contributed by atoms with Crippen LogP contribution in [-0.4, -0.2) is 9.91 Å². The van der Waals surface area contributed by atoms with Crippen molar-refractivity contribution in [1.82, 2.24) is 4.98 Å². The maximum atomic E-state index is 10.7. The zero-order valence-electron chi connectivity index (χ0n) is 8.78. The van der Waals surface area contributed by atoms with Gasteiger partial charge in [0.25, 0.3) is 0 Å². The van der Waals surface area contributed by atoms with E-state index in [0.717, 1.165) is 0 Å². The van der Waals surface area contributed by atoms with Gasteiger partial charge in [0.15, 0.2) is 5.69 Å². The molecule has 0 saturated carbocycles. The number of halogens is 2. The Hall–Kier alpha value is -2.03. The monoisotopic (exact) mass is 281 g/mol. The van der Waals surface area contributed by atoms with Crippen molar-refractivity contribution < 1.29 is 4.92 Å². The standard InChI is InChI=1S/C11H5Cl2N3O2/c12-8-2-1-6(3-9(8)13)11-7(5-14)4-10(15-11)16(17)18/h1-4,15H. The topological polar surface area (TPSA) is 82.7 Å². The number of H-pyrrole nitrogens is 1. The highest BCUT2D eigenvalue weighted by molar-refractivity contribution is 6.42. The number of hydrogen-bond acceptors (Lipinski definition) is 3. The maximum absolute atomic E-state index is 10.7. The lowest BCUT2D eigenvalue weighted by Crippen LogP contribution is -1.87. The van der Waals surface area contributed by atoms with Gasteiger partial charge in [-0.05, 0) is 23.1 Å². The van der Waals surface area contributed by atoms with Crippen LogP contribution in [0, 0.1) is 21.4 Å². The van der Waals surface area contributed by atoms with Crippen LogP contribution in [0.3, 0.4) is 0 Å². The second-order valence-corrected chi connectivity index (χ2v) is 4.26. The average Bonchev–Trinajstić information content (AvgIpc) is 2.77. The molecule has 0 aliphatic rings. The van der Waals surface area contributed by atoms with Crippen LogP contribution in [0.15, 0.2) is 24.3 Å². The molecule has 2 aromatic rings. The number of hydrogen-bond donors (Lipinski definition) is 1. The zero-order valence-corrected chi connectivity index (χ0v) is 10.3. The van der Waals surface area contributed by atoms with E-state index in [0.29, 0.717) is 21.3 Å². The molecule has 0 spiro atoms. The highest BCUT2D eigenvalue weighted by Crippen LogP contribution is 2.31. The predicted molar refractivity (Wildman–Crippen MR) is 67.6 cm³/mol. The molecule has 0 radical (unpaired) electrons. The lowest BCUT2D eigenvalue weighted by atomic mass is 10.1. The number of nitrogens with zero attached hydrogens (tertiary/aromatic N) is 2. The summed E-state index contributed by atoms with van der Waals surface area (Å²) < 4.78 is 0. The average molecular weight is 282 g/mol. The second-order valence-electron chi connectivity index (χ2n) is 3.44. The first-order chi connectivity index (χ1) is 8.52. The lowest BCUT2D eigenvalue weighted by molar-refractivity contribution is -0.389. The van der Waals surface area contributed by atoms with E-state index in [4.69, 9.17) is 28.5 Å². The minimum absolute atomic E-state index is 0.181. The fourth-order valence-corrected chi connectivity index (χ4v) is 1.80. The highest BCUT2D eigenvalue weighted by atomic mass is 35.5. The van der Waals surface area contributed by atoms with Gasteiger partial charge >= 0.3 is 5.82 Å². The van der Waals surface area contributed by atoms with Crippen LogP contribution >= 0.6 is 23.2 Å². The van der Waals surface area contributed by atoms with Crippen LogP contribution in [0.2, 0.25) is 10.0 Å². The summed E-state index contributed by atoms with van der Waals surface area (Å²) in [6.07, 6.45) is 0. The molecule has 0 atom stereocenters. The molecular formula is C11H5Cl2N3O2. The van der Waals surface area contributed by atoms with Crippen molar-refractivity contribution in [2.75, 3.05) is 0 Å². The first-order valence-corrected chi connectivity index (χ1v) is 5.51. The SMILES string of the molecule is N#Cc1cc([N+](=O)[O-])[nH]c1-c1ccc(Cl)c(Cl)c1. The Kier molecular flexibility index (Phi) is 3.24. The molecule has 0 aliphatic carbocycles. The Labute approximate surface area is 112 Å². The Morgan fingerprint density at radius 2 is 2.00 bits per heavy atom. The van der Waals surface area contributed by atoms with Crippen molar-refractivity contribution in [3.05, 3.63) is 50.0 Å². The molecule has 5 nitrogen and oxygen atoms in total. The Morgan fingerprint density at radius 1 is 1.28 bits per heavy atom. The van der Waals surface area contributed by atoms with Crippen molar-refractivity contribution in [3.63, 3.8) is 0 Å². The van der Waals surface area contributed by atoms with Gasteiger partial charge in [0.2, 0.25) is 0 Å². The number of nitrogens with one attached hydrogen (secondary N) is 1. The molecule has 0 saturated heterocycles. The summed E-state index contributed by atoms with van der Waals surface area (Å²) >= 11 is 11.6. The van der Waals surface area contributed by atoms with E-state index in [9.17, 15) is 10.1 Å². The molecule has 1 N–H and O–H groups in total. The fraction of sp³-hybridized carbons (Fsp3) is 0. The van der Waals surface area contributed by atoms with Gasteiger partial charge < -0.3 is 10.1 Å². The predicted octanol–water partition coefficient (Wildman–Crippen LogP) is 3.77. The van der Waals surface area contributed by atoms with Crippen molar-refractivity contribution in [1.29, 1.82) is 5.26 Å². The Bertz CT molecular complexity index is 673. The van der Waals surface area contributed by atoms with E-state index in [1.54, 1.807) is 18.2 Å². The molecule has 0 aliphatic heterocycles. The molecule has 7 heteroatoms. The van der Waals surface area contributed by atoms with Gasteiger partial charge in [0.05, 0.1) is 16.1 Å². The van der Waals surface area contributed by atoms with Crippen molar-refractivity contribution in [2.45, 2.75) is 0 Å². The van der Waals surface area contributed by atoms with Gasteiger partial charge in [-0.25, -0.2) is 4.98 Å². The van der Waals surface area contributed by atoms with Gasteiger partial charge in [-0.3, -0.25) is 0 Å². The third-order valence-corrected chi connectivity index (χ3v) is 3.07. The number of nitriles is 1. The van der Waals surface area contributed by atoms with E-state index in [1.807, 2.05) is 6.07 Å². The van der Waals surface area contributed by atoms with Gasteiger partial charge in [-0.1, -0.05) is 23.2 Å². The van der Waals surface area contributed by atoms with E-state index >= 15 is 0 Å². The van der Waals surface area contributed by atoms with Crippen LogP contribution in [0.4, 0.5) is 5.82 Å². The van der Waals surface area contributed by atoms with E-state index in [1.165, 1.54) is 6.07 Å². The van der Waals surface area contributed by atoms with Crippen LogP contribution in [0.5, 0.6) is 0 Å². The number of rotatable bonds is 2. The number of nitro groups is 1. The van der Waals surface area contributed by atoms with Crippen LogP contribution in [0.25, 0.3) is 11.3 Å². The smallest absolute Gasteiger partial charge is 0.322 e. The largest absolute Gasteiger partial charge is 0.358 e. The second kappa shape index (κ2) is 4.69. The van der Waals surface area contributed by atoms with Gasteiger partial charge in [-0.2, -0.15) is 5.26 Å². The molecule has 0 unspecified atom stereocenters. The Morgan fingerprint density at radius 3 is 2.56 bits per heavy atom. The zero-order chi connectivity index (χ0) is 13.3. The van der Waals surface area contributed by atoms with Crippen molar-refractivity contribution >= 4 is 29.0 Å². The number of aromatic amines is 1. The van der Waals surface area contributed by atoms with Crippen LogP contribution in [-0.2, 0) is 0 Å². The fourth-order valence-electron chi connectivity index (χ4n) is 1.51. The van der Waals surface area contributed by atoms with Crippen LogP contribution < -0.4 is 0 Å². The summed E-state index contributed by atoms with van der Waals surface area (Å²) in [6, 6.07) is 7.80. The summed E-state index contributed by atoms with van der Waals surface area (Å²) in [5.74, 6) is -0.243. The molecular weight excluding hydrogens is 277 g/mol. The van der Waals surface area contributed by atoms with Gasteiger partial charge in [-0.15, -0.1) is 0 Å². The first kappa shape index (κ1) is 12.4. The molecule has 90 valence electrons. The van der Waals surface area contributed by atoms with E-state index in [2.05, 4.69) is 4.98 Å². The van der Waals surface area contributed by atoms with Crippen molar-refractivity contribution in [2.24, 2.45) is 0 Å². The maximum Gasteiger partial charge on any atom is 0.322 e. The normalized spacial score (nSPS) is 10.1. The summed E-state index contributed by atoms with van der Waals surface area (Å²) in [5.41, 5.74) is 1.09. The third-order valence-electron chi connectivity index (χ3n) is 2.33. The van der Waals surface area contributed by atoms with E-state index < -0.39 is 4.92 Å². The van der Waals surface area contributed by atoms with Gasteiger partial charge in [0, 0.05) is 5.56 Å². The molecule has 0 amide bonds. The lowest BCUT2D eigenvalue weighted by Gasteiger charge is -1.99. The summed E-state index contributed by atoms with van der Waals surface area (Å²) in [4.78, 5) is 12.6. The summed E-state index contributed by atoms with van der Waals surface area (Å²) in [7, 11) is 0. The summed E-state index contributed by atoms with van der Waals surface area (Å²) in [6.45, 7) is 0. The summed E-state index contributed by atoms with van der Waals surface area (Å²) in [5, 5.41) is 20.3. The van der Waals surface area contributed by atoms with Crippen LogP contribution in [0.1, 0.15) is 5.56 Å². The molecule has 1 heterocycles. The molecule has 1 aromatic carbocycles. The molecule has 18 heavy (non-hydrogen) atoms. The number of aromatic nitrogens is 1. The molecule has 2 rings (SSSR count). The molecule has 0 fully saturated rings. The minimum atomic E-state index is -0.595. The minimum Gasteiger partial charge on any atom is -0.358 e. The first-order valence-electron chi connectivity index (χ1n) is 4.76.